The molecule has 0 radical (unpaired) electrons. The first kappa shape index (κ1) is 16.9. The van der Waals surface area contributed by atoms with Gasteiger partial charge in [0, 0.05) is 18.0 Å². The number of carbonyl (C=O) groups is 2. The molecule has 0 saturated carbocycles. The highest BCUT2D eigenvalue weighted by Gasteiger charge is 2.27. The minimum Gasteiger partial charge on any atom is -0.376 e. The highest BCUT2D eigenvalue weighted by Crippen LogP contribution is 2.38. The van der Waals surface area contributed by atoms with Crippen molar-refractivity contribution in [3.8, 4) is 6.07 Å². The van der Waals surface area contributed by atoms with Gasteiger partial charge in [-0.25, -0.2) is 0 Å². The zero-order chi connectivity index (χ0) is 16.9. The Kier molecular flexibility index (Phi) is 5.48. The zero-order valence-electron chi connectivity index (χ0n) is 13.5. The van der Waals surface area contributed by atoms with E-state index in [2.05, 4.69) is 10.6 Å². The number of thiophene rings is 1. The highest BCUT2D eigenvalue weighted by molar-refractivity contribution is 7.17. The van der Waals surface area contributed by atoms with E-state index >= 15 is 0 Å². The Morgan fingerprint density at radius 3 is 2.88 bits per heavy atom. The van der Waals surface area contributed by atoms with Crippen molar-refractivity contribution in [2.75, 3.05) is 18.5 Å². The van der Waals surface area contributed by atoms with Crippen LogP contribution in [0.4, 0.5) is 5.00 Å². The van der Waals surface area contributed by atoms with Gasteiger partial charge in [0.05, 0.1) is 17.7 Å². The molecule has 1 aromatic heterocycles. The summed E-state index contributed by atoms with van der Waals surface area (Å²) in [5.74, 6) is -0.526. The van der Waals surface area contributed by atoms with Gasteiger partial charge in [-0.1, -0.05) is 0 Å². The summed E-state index contributed by atoms with van der Waals surface area (Å²) >= 11 is 1.47. The molecule has 0 unspecified atom stereocenters. The number of aryl methyl sites for hydroxylation is 1. The summed E-state index contributed by atoms with van der Waals surface area (Å²) in [7, 11) is 0. The molecule has 6 nitrogen and oxygen atoms in total. The standard InChI is InChI=1S/C17H21N3O3S/c18-8-7-14(21)20-17-15(12-5-1-2-6-13(12)24-17)16(22)19-10-11-4-3-9-23-11/h11H,1-7,9-10H2,(H,19,22)(H,20,21)/t11-/m1/s1. The van der Waals surface area contributed by atoms with E-state index in [1.165, 1.54) is 16.2 Å². The lowest BCUT2D eigenvalue weighted by Gasteiger charge is -2.15. The van der Waals surface area contributed by atoms with Crippen LogP contribution in [-0.2, 0) is 22.4 Å². The zero-order valence-corrected chi connectivity index (χ0v) is 14.3. The molecule has 0 spiro atoms. The van der Waals surface area contributed by atoms with Crippen molar-refractivity contribution in [3.63, 3.8) is 0 Å². The van der Waals surface area contributed by atoms with Gasteiger partial charge < -0.3 is 15.4 Å². The maximum Gasteiger partial charge on any atom is 0.254 e. The van der Waals surface area contributed by atoms with Crippen molar-refractivity contribution in [1.82, 2.24) is 5.32 Å². The number of hydrogen-bond acceptors (Lipinski definition) is 5. The summed E-state index contributed by atoms with van der Waals surface area (Å²) in [5, 5.41) is 14.9. The van der Waals surface area contributed by atoms with Crippen LogP contribution in [0.3, 0.4) is 0 Å². The molecule has 1 atom stereocenters. The van der Waals surface area contributed by atoms with Gasteiger partial charge in [0.15, 0.2) is 0 Å². The van der Waals surface area contributed by atoms with E-state index in [4.69, 9.17) is 10.00 Å². The van der Waals surface area contributed by atoms with Gasteiger partial charge in [0.1, 0.15) is 11.4 Å². The van der Waals surface area contributed by atoms with Crippen molar-refractivity contribution in [2.45, 2.75) is 51.0 Å². The predicted molar refractivity (Wildman–Crippen MR) is 91.1 cm³/mol. The number of nitriles is 1. The van der Waals surface area contributed by atoms with E-state index in [0.29, 0.717) is 17.1 Å². The number of anilines is 1. The number of amides is 2. The Balaban J connectivity index is 1.78. The quantitative estimate of drug-likeness (QED) is 0.855. The topological polar surface area (TPSA) is 91.2 Å². The largest absolute Gasteiger partial charge is 0.376 e. The third-order valence-electron chi connectivity index (χ3n) is 4.41. The fourth-order valence-electron chi connectivity index (χ4n) is 3.24. The molecular weight excluding hydrogens is 326 g/mol. The molecule has 2 heterocycles. The van der Waals surface area contributed by atoms with Gasteiger partial charge in [-0.3, -0.25) is 9.59 Å². The minimum atomic E-state index is -0.371. The average Bonchev–Trinajstić information content (AvgIpc) is 3.20. The van der Waals surface area contributed by atoms with Crippen molar-refractivity contribution in [3.05, 3.63) is 16.0 Å². The summed E-state index contributed by atoms with van der Waals surface area (Å²) in [4.78, 5) is 25.7. The normalized spacial score (nSPS) is 19.4. The molecule has 0 bridgehead atoms. The van der Waals surface area contributed by atoms with E-state index in [0.717, 1.165) is 50.7 Å². The third kappa shape index (κ3) is 3.77. The number of hydrogen-bond donors (Lipinski definition) is 2. The fraction of sp³-hybridized carbons (Fsp3) is 0.588. The van der Waals surface area contributed by atoms with E-state index < -0.39 is 0 Å². The number of nitrogens with zero attached hydrogens (tertiary/aromatic N) is 1. The molecule has 3 rings (SSSR count). The molecule has 2 aliphatic rings. The maximum absolute atomic E-state index is 12.7. The first-order chi connectivity index (χ1) is 11.7. The van der Waals surface area contributed by atoms with Crippen LogP contribution < -0.4 is 10.6 Å². The van der Waals surface area contributed by atoms with Gasteiger partial charge in [0.25, 0.3) is 5.91 Å². The smallest absolute Gasteiger partial charge is 0.254 e. The van der Waals surface area contributed by atoms with Crippen molar-refractivity contribution in [1.29, 1.82) is 5.26 Å². The Labute approximate surface area is 145 Å². The van der Waals surface area contributed by atoms with Crippen LogP contribution in [0.1, 0.15) is 52.9 Å². The molecule has 1 aromatic rings. The van der Waals surface area contributed by atoms with E-state index in [1.54, 1.807) is 0 Å². The lowest BCUT2D eigenvalue weighted by atomic mass is 9.95. The van der Waals surface area contributed by atoms with Crippen molar-refractivity contribution >= 4 is 28.2 Å². The molecule has 2 amide bonds. The molecule has 1 saturated heterocycles. The van der Waals surface area contributed by atoms with Gasteiger partial charge in [-0.2, -0.15) is 5.26 Å². The van der Waals surface area contributed by atoms with Gasteiger partial charge in [-0.05, 0) is 44.1 Å². The second kappa shape index (κ2) is 7.77. The molecule has 1 aliphatic heterocycles. The number of ether oxygens (including phenoxy) is 1. The lowest BCUT2D eigenvalue weighted by Crippen LogP contribution is -2.32. The van der Waals surface area contributed by atoms with Crippen LogP contribution in [0.15, 0.2) is 0 Å². The molecule has 0 aromatic carbocycles. The van der Waals surface area contributed by atoms with Gasteiger partial charge >= 0.3 is 0 Å². The summed E-state index contributed by atoms with van der Waals surface area (Å²) < 4.78 is 5.54. The monoisotopic (exact) mass is 347 g/mol. The van der Waals surface area contributed by atoms with E-state index in [9.17, 15) is 9.59 Å². The Hall–Kier alpha value is -1.91. The minimum absolute atomic E-state index is 0.0834. The summed E-state index contributed by atoms with van der Waals surface area (Å²) in [5.41, 5.74) is 1.64. The van der Waals surface area contributed by atoms with Crippen LogP contribution in [0, 0.1) is 11.3 Å². The number of carbonyl (C=O) groups excluding carboxylic acids is 2. The van der Waals surface area contributed by atoms with Crippen LogP contribution >= 0.6 is 11.3 Å². The van der Waals surface area contributed by atoms with Gasteiger partial charge in [-0.15, -0.1) is 11.3 Å². The van der Waals surface area contributed by atoms with Crippen LogP contribution in [0.5, 0.6) is 0 Å². The van der Waals surface area contributed by atoms with Crippen molar-refractivity contribution in [2.24, 2.45) is 0 Å². The Morgan fingerprint density at radius 2 is 2.12 bits per heavy atom. The fourth-order valence-corrected chi connectivity index (χ4v) is 4.54. The number of fused-ring (bicyclic) bond motifs is 1. The van der Waals surface area contributed by atoms with Crippen molar-refractivity contribution < 1.29 is 14.3 Å². The maximum atomic E-state index is 12.7. The second-order valence-electron chi connectivity index (χ2n) is 6.14. The van der Waals surface area contributed by atoms with Crippen LogP contribution in [-0.4, -0.2) is 31.1 Å². The first-order valence-electron chi connectivity index (χ1n) is 8.40. The highest BCUT2D eigenvalue weighted by atomic mass is 32.1. The Morgan fingerprint density at radius 1 is 1.29 bits per heavy atom. The summed E-state index contributed by atoms with van der Waals surface area (Å²) in [6, 6.07) is 1.84. The predicted octanol–water partition coefficient (Wildman–Crippen LogP) is 2.39. The summed E-state index contributed by atoms with van der Waals surface area (Å²) in [6.45, 7) is 1.25. The third-order valence-corrected chi connectivity index (χ3v) is 5.61. The molecule has 2 N–H and O–H groups in total. The molecule has 1 fully saturated rings. The first-order valence-corrected chi connectivity index (χ1v) is 9.22. The summed E-state index contributed by atoms with van der Waals surface area (Å²) in [6.07, 6.45) is 5.84. The van der Waals surface area contributed by atoms with Crippen LogP contribution in [0.2, 0.25) is 0 Å². The number of nitrogens with one attached hydrogen (secondary N) is 2. The van der Waals surface area contributed by atoms with E-state index in [1.807, 2.05) is 6.07 Å². The molecule has 128 valence electrons. The lowest BCUT2D eigenvalue weighted by molar-refractivity contribution is -0.115. The number of rotatable bonds is 5. The second-order valence-corrected chi connectivity index (χ2v) is 7.25. The van der Waals surface area contributed by atoms with Gasteiger partial charge in [0.2, 0.25) is 5.91 Å². The Bertz CT molecular complexity index is 671. The van der Waals surface area contributed by atoms with Crippen LogP contribution in [0.25, 0.3) is 0 Å². The molecule has 24 heavy (non-hydrogen) atoms. The molecule has 1 aliphatic carbocycles. The molecule has 7 heteroatoms. The molecular formula is C17H21N3O3S. The van der Waals surface area contributed by atoms with E-state index in [-0.39, 0.29) is 24.3 Å². The average molecular weight is 347 g/mol. The SMILES string of the molecule is N#CCC(=O)Nc1sc2c(c1C(=O)NC[C@H]1CCCO1)CCCC2.